The third-order valence-electron chi connectivity index (χ3n) is 4.46. The third-order valence-corrected chi connectivity index (χ3v) is 5.72. The van der Waals surface area contributed by atoms with Gasteiger partial charge in [-0.3, -0.25) is 19.4 Å². The lowest BCUT2D eigenvalue weighted by Gasteiger charge is -2.16. The fourth-order valence-electron chi connectivity index (χ4n) is 2.73. The van der Waals surface area contributed by atoms with Gasteiger partial charge in [-0.1, -0.05) is 30.3 Å². The van der Waals surface area contributed by atoms with Crippen molar-refractivity contribution in [3.8, 4) is 0 Å². The topological polar surface area (TPSA) is 85.4 Å². The Balaban J connectivity index is 1.53. The number of nitrogens with zero attached hydrogens (tertiary/aromatic N) is 1. The monoisotopic (exact) mass is 422 g/mol. The zero-order chi connectivity index (χ0) is 21.5. The van der Waals surface area contributed by atoms with Crippen LogP contribution in [0.15, 0.2) is 67.0 Å². The quantitative estimate of drug-likeness (QED) is 0.440. The number of hydrogen-bond acceptors (Lipinski definition) is 6. The zero-order valence-electron chi connectivity index (χ0n) is 16.7. The number of nitrogens with one attached hydrogen (secondary N) is 1. The number of ketones is 1. The highest BCUT2D eigenvalue weighted by Crippen LogP contribution is 2.27. The second-order valence-electron chi connectivity index (χ2n) is 6.82. The number of aromatic nitrogens is 1. The number of benzene rings is 1. The van der Waals surface area contributed by atoms with E-state index in [1.807, 2.05) is 18.2 Å². The van der Waals surface area contributed by atoms with E-state index in [0.717, 1.165) is 4.88 Å². The first kappa shape index (κ1) is 21.4. The number of esters is 1. The highest BCUT2D eigenvalue weighted by molar-refractivity contribution is 7.14. The van der Waals surface area contributed by atoms with Crippen molar-refractivity contribution in [1.82, 2.24) is 10.3 Å². The average molecular weight is 423 g/mol. The molecule has 7 heteroatoms. The minimum atomic E-state index is -0.510. The summed E-state index contributed by atoms with van der Waals surface area (Å²) in [6, 6.07) is 15.9. The van der Waals surface area contributed by atoms with Crippen LogP contribution >= 0.6 is 11.3 Å². The van der Waals surface area contributed by atoms with Gasteiger partial charge in [-0.2, -0.15) is 0 Å². The molecule has 0 fully saturated rings. The first-order valence-electron chi connectivity index (χ1n) is 9.54. The summed E-state index contributed by atoms with van der Waals surface area (Å²) in [5, 5.41) is 2.72. The van der Waals surface area contributed by atoms with Crippen LogP contribution in [0.2, 0.25) is 0 Å². The van der Waals surface area contributed by atoms with Gasteiger partial charge in [-0.05, 0) is 38.1 Å². The lowest BCUT2D eigenvalue weighted by molar-refractivity contribution is -0.149. The van der Waals surface area contributed by atoms with Crippen LogP contribution in [0, 0.1) is 0 Å². The van der Waals surface area contributed by atoms with E-state index in [1.54, 1.807) is 56.4 Å². The predicted octanol–water partition coefficient (Wildman–Crippen LogP) is 3.84. The second-order valence-corrected chi connectivity index (χ2v) is 7.93. The molecular weight excluding hydrogens is 400 g/mol. The molecule has 0 saturated carbocycles. The van der Waals surface area contributed by atoms with Gasteiger partial charge in [0.1, 0.15) is 6.10 Å². The Labute approximate surface area is 178 Å². The van der Waals surface area contributed by atoms with Gasteiger partial charge in [0.25, 0.3) is 5.91 Å². The van der Waals surface area contributed by atoms with Gasteiger partial charge in [0.15, 0.2) is 0 Å². The molecule has 3 rings (SSSR count). The van der Waals surface area contributed by atoms with E-state index >= 15 is 0 Å². The number of hydrogen-bond donors (Lipinski definition) is 1. The molecule has 1 N–H and O–H groups in total. The van der Waals surface area contributed by atoms with Crippen LogP contribution in [0.3, 0.4) is 0 Å². The van der Waals surface area contributed by atoms with E-state index in [4.69, 9.17) is 4.74 Å². The number of rotatable bonds is 8. The van der Waals surface area contributed by atoms with Crippen molar-refractivity contribution in [3.63, 3.8) is 0 Å². The summed E-state index contributed by atoms with van der Waals surface area (Å²) in [7, 11) is 0. The standard InChI is InChI=1S/C23H22N2O4S/c1-15(13-25-22(27)18-9-6-12-24-14-18)29-23(28)16(2)19-10-11-20(30-19)21(26)17-7-4-3-5-8-17/h3-12,14-16H,13H2,1-2H3,(H,25,27). The third kappa shape index (κ3) is 5.39. The Morgan fingerprint density at radius 3 is 2.43 bits per heavy atom. The minimum Gasteiger partial charge on any atom is -0.460 e. The molecule has 0 bridgehead atoms. The molecule has 0 radical (unpaired) electrons. The number of pyridine rings is 1. The van der Waals surface area contributed by atoms with Gasteiger partial charge in [-0.25, -0.2) is 0 Å². The maximum atomic E-state index is 12.5. The van der Waals surface area contributed by atoms with Gasteiger partial charge in [0, 0.05) is 22.8 Å². The number of carbonyl (C=O) groups excluding carboxylic acids is 3. The lowest BCUT2D eigenvalue weighted by Crippen LogP contribution is -2.34. The molecule has 2 aromatic heterocycles. The maximum absolute atomic E-state index is 12.5. The molecule has 0 aliphatic rings. The van der Waals surface area contributed by atoms with E-state index in [9.17, 15) is 14.4 Å². The fraction of sp³-hybridized carbons (Fsp3) is 0.217. The van der Waals surface area contributed by atoms with Gasteiger partial charge in [0.05, 0.1) is 22.9 Å². The summed E-state index contributed by atoms with van der Waals surface area (Å²) in [6.07, 6.45) is 2.57. The smallest absolute Gasteiger partial charge is 0.314 e. The average Bonchev–Trinajstić information content (AvgIpc) is 3.27. The van der Waals surface area contributed by atoms with Crippen LogP contribution in [0.25, 0.3) is 0 Å². The van der Waals surface area contributed by atoms with Crippen molar-refractivity contribution in [1.29, 1.82) is 0 Å². The highest BCUT2D eigenvalue weighted by atomic mass is 32.1. The van der Waals surface area contributed by atoms with Crippen LogP contribution in [0.1, 0.15) is 50.2 Å². The summed E-state index contributed by atoms with van der Waals surface area (Å²) < 4.78 is 5.46. The van der Waals surface area contributed by atoms with Crippen LogP contribution in [0.5, 0.6) is 0 Å². The van der Waals surface area contributed by atoms with Gasteiger partial charge < -0.3 is 10.1 Å². The Hall–Kier alpha value is -3.32. The second kappa shape index (κ2) is 9.93. The molecule has 2 unspecified atom stereocenters. The molecular formula is C23H22N2O4S. The van der Waals surface area contributed by atoms with E-state index in [2.05, 4.69) is 10.3 Å². The van der Waals surface area contributed by atoms with Gasteiger partial charge in [-0.15, -0.1) is 11.3 Å². The van der Waals surface area contributed by atoms with Crippen LogP contribution in [0.4, 0.5) is 0 Å². The Bertz CT molecular complexity index is 1020. The molecule has 6 nitrogen and oxygen atoms in total. The first-order valence-corrected chi connectivity index (χ1v) is 10.4. The van der Waals surface area contributed by atoms with Crippen LogP contribution < -0.4 is 5.32 Å². The van der Waals surface area contributed by atoms with Gasteiger partial charge in [0.2, 0.25) is 5.78 Å². The van der Waals surface area contributed by atoms with Crippen LogP contribution in [-0.2, 0) is 9.53 Å². The van der Waals surface area contributed by atoms with Gasteiger partial charge >= 0.3 is 5.97 Å². The first-order chi connectivity index (χ1) is 14.5. The minimum absolute atomic E-state index is 0.0705. The van der Waals surface area contributed by atoms with Crippen molar-refractivity contribution in [2.24, 2.45) is 0 Å². The Morgan fingerprint density at radius 1 is 1.00 bits per heavy atom. The van der Waals surface area contributed by atoms with Crippen molar-refractivity contribution in [2.45, 2.75) is 25.9 Å². The molecule has 0 aliphatic heterocycles. The molecule has 1 aromatic carbocycles. The van der Waals surface area contributed by atoms with E-state index < -0.39 is 18.0 Å². The normalized spacial score (nSPS) is 12.6. The molecule has 154 valence electrons. The van der Waals surface area contributed by atoms with Crippen LogP contribution in [-0.4, -0.2) is 35.3 Å². The molecule has 0 aliphatic carbocycles. The fourth-order valence-corrected chi connectivity index (χ4v) is 3.74. The lowest BCUT2D eigenvalue weighted by atomic mass is 10.1. The van der Waals surface area contributed by atoms with Crippen molar-refractivity contribution in [3.05, 3.63) is 87.9 Å². The summed E-state index contributed by atoms with van der Waals surface area (Å²) in [5.41, 5.74) is 1.05. The number of amides is 1. The van der Waals surface area contributed by atoms with Crippen molar-refractivity contribution in [2.75, 3.05) is 6.54 Å². The summed E-state index contributed by atoms with van der Waals surface area (Å²) in [6.45, 7) is 3.65. The summed E-state index contributed by atoms with van der Waals surface area (Å²) in [4.78, 5) is 42.3. The number of thiophene rings is 1. The molecule has 0 spiro atoms. The molecule has 2 heterocycles. The molecule has 30 heavy (non-hydrogen) atoms. The predicted molar refractivity (Wildman–Crippen MR) is 115 cm³/mol. The van der Waals surface area contributed by atoms with Crippen molar-refractivity contribution < 1.29 is 19.1 Å². The highest BCUT2D eigenvalue weighted by Gasteiger charge is 2.23. The Morgan fingerprint density at radius 2 is 1.73 bits per heavy atom. The largest absolute Gasteiger partial charge is 0.460 e. The maximum Gasteiger partial charge on any atom is 0.314 e. The molecule has 3 aromatic rings. The molecule has 2 atom stereocenters. The van der Waals surface area contributed by atoms with E-state index in [-0.39, 0.29) is 18.2 Å². The number of ether oxygens (including phenoxy) is 1. The number of carbonyl (C=O) groups is 3. The summed E-state index contributed by atoms with van der Waals surface area (Å²) >= 11 is 1.29. The van der Waals surface area contributed by atoms with E-state index in [1.165, 1.54) is 17.5 Å². The summed E-state index contributed by atoms with van der Waals surface area (Å²) in [5.74, 6) is -1.26. The Kier molecular flexibility index (Phi) is 7.08. The van der Waals surface area contributed by atoms with E-state index in [0.29, 0.717) is 16.0 Å². The van der Waals surface area contributed by atoms with Crippen molar-refractivity contribution >= 4 is 29.0 Å². The SMILES string of the molecule is CC(CNC(=O)c1cccnc1)OC(=O)C(C)c1ccc(C(=O)c2ccccc2)s1. The zero-order valence-corrected chi connectivity index (χ0v) is 17.5. The molecule has 0 saturated heterocycles. The molecule has 1 amide bonds.